The summed E-state index contributed by atoms with van der Waals surface area (Å²) >= 11 is 0. The van der Waals surface area contributed by atoms with E-state index < -0.39 is 6.04 Å². The lowest BCUT2D eigenvalue weighted by atomic mass is 10.00. The van der Waals surface area contributed by atoms with E-state index >= 15 is 0 Å². The van der Waals surface area contributed by atoms with Gasteiger partial charge >= 0.3 is 0 Å². The second kappa shape index (κ2) is 7.46. The Kier molecular flexibility index (Phi) is 5.60. The molecule has 0 radical (unpaired) electrons. The highest BCUT2D eigenvalue weighted by Gasteiger charge is 2.31. The predicted molar refractivity (Wildman–Crippen MR) is 88.4 cm³/mol. The third kappa shape index (κ3) is 3.82. The number of carbonyl (C=O) groups is 2. The van der Waals surface area contributed by atoms with Gasteiger partial charge in [-0.2, -0.15) is 0 Å². The first kappa shape index (κ1) is 17.3. The first-order valence-corrected chi connectivity index (χ1v) is 7.83. The lowest BCUT2D eigenvalue weighted by molar-refractivity contribution is -0.134. The van der Waals surface area contributed by atoms with Gasteiger partial charge in [0.2, 0.25) is 11.8 Å². The quantitative estimate of drug-likeness (QED) is 0.840. The van der Waals surface area contributed by atoms with Crippen molar-refractivity contribution in [2.75, 3.05) is 27.2 Å². The van der Waals surface area contributed by atoms with Crippen LogP contribution in [0.5, 0.6) is 5.75 Å². The van der Waals surface area contributed by atoms with Crippen molar-refractivity contribution in [2.45, 2.75) is 32.9 Å². The largest absolute Gasteiger partial charge is 0.496 e. The van der Waals surface area contributed by atoms with E-state index in [4.69, 9.17) is 4.74 Å². The van der Waals surface area contributed by atoms with Gasteiger partial charge in [-0.15, -0.1) is 0 Å². The van der Waals surface area contributed by atoms with Gasteiger partial charge in [0, 0.05) is 26.7 Å². The zero-order chi connectivity index (χ0) is 17.0. The van der Waals surface area contributed by atoms with E-state index in [-0.39, 0.29) is 18.2 Å². The molecule has 1 aromatic rings. The predicted octanol–water partition coefficient (Wildman–Crippen LogP) is 0.749. The maximum Gasteiger partial charge on any atom is 0.237 e. The highest BCUT2D eigenvalue weighted by molar-refractivity contribution is 5.88. The van der Waals surface area contributed by atoms with Crippen LogP contribution in [0.15, 0.2) is 12.1 Å². The van der Waals surface area contributed by atoms with E-state index in [1.54, 1.807) is 14.2 Å². The molecule has 1 saturated heterocycles. The first-order chi connectivity index (χ1) is 11.0. The third-order valence-corrected chi connectivity index (χ3v) is 4.54. The van der Waals surface area contributed by atoms with Crippen molar-refractivity contribution in [3.8, 4) is 5.75 Å². The van der Waals surface area contributed by atoms with Gasteiger partial charge in [-0.3, -0.25) is 14.5 Å². The summed E-state index contributed by atoms with van der Waals surface area (Å²) in [6.45, 7) is 6.08. The van der Waals surface area contributed by atoms with E-state index in [1.807, 2.05) is 19.1 Å². The monoisotopic (exact) mass is 319 g/mol. The molecule has 2 amide bonds. The number of carbonyl (C=O) groups excluding carboxylic acids is 2. The Bertz CT molecular complexity index is 601. The molecule has 0 aliphatic carbocycles. The number of nitrogens with one attached hydrogen (secondary N) is 2. The van der Waals surface area contributed by atoms with Crippen molar-refractivity contribution >= 4 is 11.8 Å². The Morgan fingerprint density at radius 2 is 2.13 bits per heavy atom. The van der Waals surface area contributed by atoms with E-state index in [0.717, 1.165) is 29.0 Å². The molecule has 0 bridgehead atoms. The maximum absolute atomic E-state index is 12.1. The van der Waals surface area contributed by atoms with Gasteiger partial charge in [-0.25, -0.2) is 0 Å². The Hall–Kier alpha value is -2.08. The fraction of sp³-hybridized carbons (Fsp3) is 0.529. The summed E-state index contributed by atoms with van der Waals surface area (Å²) in [6, 6.07) is 3.56. The van der Waals surface area contributed by atoms with Crippen LogP contribution < -0.4 is 15.4 Å². The topological polar surface area (TPSA) is 70.7 Å². The van der Waals surface area contributed by atoms with Gasteiger partial charge in [0.25, 0.3) is 0 Å². The smallest absolute Gasteiger partial charge is 0.237 e. The third-order valence-electron chi connectivity index (χ3n) is 4.54. The summed E-state index contributed by atoms with van der Waals surface area (Å²) in [5, 5.41) is 5.43. The molecule has 2 rings (SSSR count). The van der Waals surface area contributed by atoms with Crippen molar-refractivity contribution < 1.29 is 14.3 Å². The highest BCUT2D eigenvalue weighted by Crippen LogP contribution is 2.25. The molecule has 1 fully saturated rings. The SMILES string of the molecule is CNC(=O)CC1C(=O)NCCN1Cc1ccc(OC)c(C)c1C. The summed E-state index contributed by atoms with van der Waals surface area (Å²) in [7, 11) is 3.25. The van der Waals surface area contributed by atoms with Crippen molar-refractivity contribution in [1.82, 2.24) is 15.5 Å². The molecule has 1 aliphatic heterocycles. The Morgan fingerprint density at radius 1 is 1.39 bits per heavy atom. The van der Waals surface area contributed by atoms with Crippen LogP contribution in [-0.2, 0) is 16.1 Å². The van der Waals surface area contributed by atoms with Crippen molar-refractivity contribution in [1.29, 1.82) is 0 Å². The number of methoxy groups -OCH3 is 1. The van der Waals surface area contributed by atoms with Crippen molar-refractivity contribution in [3.63, 3.8) is 0 Å². The second-order valence-corrected chi connectivity index (χ2v) is 5.83. The van der Waals surface area contributed by atoms with Gasteiger partial charge in [-0.05, 0) is 36.6 Å². The van der Waals surface area contributed by atoms with Crippen LogP contribution in [0.1, 0.15) is 23.1 Å². The Balaban J connectivity index is 2.20. The average molecular weight is 319 g/mol. The number of ether oxygens (including phenoxy) is 1. The minimum Gasteiger partial charge on any atom is -0.496 e. The molecule has 0 saturated carbocycles. The number of hydrogen-bond donors (Lipinski definition) is 2. The number of nitrogens with zero attached hydrogens (tertiary/aromatic N) is 1. The van der Waals surface area contributed by atoms with Crippen molar-refractivity contribution in [2.24, 2.45) is 0 Å². The van der Waals surface area contributed by atoms with Gasteiger partial charge < -0.3 is 15.4 Å². The van der Waals surface area contributed by atoms with Crippen LogP contribution in [0.2, 0.25) is 0 Å². The van der Waals surface area contributed by atoms with Gasteiger partial charge in [-0.1, -0.05) is 6.07 Å². The summed E-state index contributed by atoms with van der Waals surface area (Å²) in [6.07, 6.45) is 0.177. The number of piperazine rings is 1. The summed E-state index contributed by atoms with van der Waals surface area (Å²) in [5.41, 5.74) is 3.42. The van der Waals surface area contributed by atoms with Crippen LogP contribution in [0.25, 0.3) is 0 Å². The standard InChI is InChI=1S/C17H25N3O3/c1-11-12(2)15(23-4)6-5-13(11)10-20-8-7-19-17(22)14(20)9-16(21)18-3/h5-6,14H,7-10H2,1-4H3,(H,18,21)(H,19,22). The lowest BCUT2D eigenvalue weighted by Crippen LogP contribution is -2.56. The summed E-state index contributed by atoms with van der Waals surface area (Å²) < 4.78 is 5.35. The van der Waals surface area contributed by atoms with Crippen LogP contribution in [0.3, 0.4) is 0 Å². The number of hydrogen-bond acceptors (Lipinski definition) is 4. The molecule has 0 aromatic heterocycles. The normalized spacial score (nSPS) is 18.4. The zero-order valence-electron chi connectivity index (χ0n) is 14.2. The number of amides is 2. The molecule has 2 N–H and O–H groups in total. The number of benzene rings is 1. The Labute approximate surface area is 137 Å². The van der Waals surface area contributed by atoms with Crippen molar-refractivity contribution in [3.05, 3.63) is 28.8 Å². The summed E-state index contributed by atoms with van der Waals surface area (Å²) in [5.74, 6) is 0.659. The molecule has 1 unspecified atom stereocenters. The molecule has 23 heavy (non-hydrogen) atoms. The van der Waals surface area contributed by atoms with Crippen LogP contribution in [-0.4, -0.2) is 50.0 Å². The molecule has 1 heterocycles. The molecule has 6 heteroatoms. The lowest BCUT2D eigenvalue weighted by Gasteiger charge is -2.35. The summed E-state index contributed by atoms with van der Waals surface area (Å²) in [4.78, 5) is 25.9. The first-order valence-electron chi connectivity index (χ1n) is 7.83. The molecule has 6 nitrogen and oxygen atoms in total. The molecule has 1 atom stereocenters. The zero-order valence-corrected chi connectivity index (χ0v) is 14.2. The minimum atomic E-state index is -0.425. The van der Waals surface area contributed by atoms with E-state index in [2.05, 4.69) is 22.5 Å². The van der Waals surface area contributed by atoms with Crippen LogP contribution in [0.4, 0.5) is 0 Å². The van der Waals surface area contributed by atoms with Gasteiger partial charge in [0.15, 0.2) is 0 Å². The van der Waals surface area contributed by atoms with E-state index in [9.17, 15) is 9.59 Å². The fourth-order valence-corrected chi connectivity index (χ4v) is 2.91. The van der Waals surface area contributed by atoms with Crippen LogP contribution in [0, 0.1) is 13.8 Å². The molecule has 1 aliphatic rings. The second-order valence-electron chi connectivity index (χ2n) is 5.83. The molecular formula is C17H25N3O3. The minimum absolute atomic E-state index is 0.0808. The molecule has 0 spiro atoms. The molecule has 126 valence electrons. The molecular weight excluding hydrogens is 294 g/mol. The Morgan fingerprint density at radius 3 is 2.78 bits per heavy atom. The van der Waals surface area contributed by atoms with Crippen LogP contribution >= 0.6 is 0 Å². The fourth-order valence-electron chi connectivity index (χ4n) is 2.91. The average Bonchev–Trinajstić information content (AvgIpc) is 2.55. The number of rotatable bonds is 5. The van der Waals surface area contributed by atoms with E-state index in [1.165, 1.54) is 0 Å². The van der Waals surface area contributed by atoms with Gasteiger partial charge in [0.1, 0.15) is 5.75 Å². The molecule has 1 aromatic carbocycles. The maximum atomic E-state index is 12.1. The van der Waals surface area contributed by atoms with Gasteiger partial charge in [0.05, 0.1) is 19.6 Å². The van der Waals surface area contributed by atoms with E-state index in [0.29, 0.717) is 13.1 Å². The highest BCUT2D eigenvalue weighted by atomic mass is 16.5.